The van der Waals surface area contributed by atoms with Crippen LogP contribution in [0.15, 0.2) is 54.6 Å². The highest BCUT2D eigenvalue weighted by molar-refractivity contribution is 6.31. The summed E-state index contributed by atoms with van der Waals surface area (Å²) in [6.45, 7) is 2.41. The molecule has 2 heterocycles. The lowest BCUT2D eigenvalue weighted by Crippen LogP contribution is -2.49. The van der Waals surface area contributed by atoms with Gasteiger partial charge in [-0.05, 0) is 73.2 Å². The summed E-state index contributed by atoms with van der Waals surface area (Å²) in [6, 6.07) is 11.9. The van der Waals surface area contributed by atoms with Crippen LogP contribution in [0.3, 0.4) is 0 Å². The third-order valence-corrected chi connectivity index (χ3v) is 9.92. The summed E-state index contributed by atoms with van der Waals surface area (Å²) in [6.07, 6.45) is -2.50. The van der Waals surface area contributed by atoms with Crippen molar-refractivity contribution in [3.63, 3.8) is 0 Å². The molecule has 1 unspecified atom stereocenters. The van der Waals surface area contributed by atoms with E-state index in [1.54, 1.807) is 30.3 Å². The maximum absolute atomic E-state index is 16.0. The molecular formula is C32H28Cl2F4N4O3. The minimum atomic E-state index is -4.90. The molecule has 236 valence electrons. The number of benzene rings is 3. The topological polar surface area (TPSA) is 95.7 Å². The average Bonchev–Trinajstić information content (AvgIpc) is 3.70. The number of alkyl halides is 3. The van der Waals surface area contributed by atoms with Gasteiger partial charge in [-0.15, -0.1) is 0 Å². The van der Waals surface area contributed by atoms with Crippen LogP contribution in [-0.2, 0) is 21.3 Å². The van der Waals surface area contributed by atoms with E-state index >= 15 is 4.39 Å². The van der Waals surface area contributed by atoms with Crippen LogP contribution in [0.5, 0.6) is 0 Å². The molecule has 3 amide bonds. The number of carbonyl (C=O) groups excluding carboxylic acids is 3. The number of hydrogen-bond donors (Lipinski definition) is 2. The number of likely N-dealkylation sites (tertiary alicyclic amines) is 1. The van der Waals surface area contributed by atoms with Crippen molar-refractivity contribution < 1.29 is 31.9 Å². The highest BCUT2D eigenvalue weighted by Gasteiger charge is 2.65. The first-order valence-corrected chi connectivity index (χ1v) is 15.1. The second-order valence-corrected chi connectivity index (χ2v) is 12.8. The van der Waals surface area contributed by atoms with Crippen molar-refractivity contribution >= 4 is 52.8 Å². The fourth-order valence-corrected chi connectivity index (χ4v) is 7.62. The van der Waals surface area contributed by atoms with Gasteiger partial charge in [-0.2, -0.15) is 13.2 Å². The molecule has 3 N–H and O–H groups in total. The number of primary amides is 1. The second-order valence-electron chi connectivity index (χ2n) is 11.9. The second kappa shape index (κ2) is 11.3. The van der Waals surface area contributed by atoms with Crippen LogP contribution in [0.25, 0.3) is 0 Å². The normalized spacial score (nSPS) is 25.0. The summed E-state index contributed by atoms with van der Waals surface area (Å²) >= 11 is 12.6. The van der Waals surface area contributed by atoms with Gasteiger partial charge < -0.3 is 16.0 Å². The van der Waals surface area contributed by atoms with Crippen LogP contribution in [-0.4, -0.2) is 42.3 Å². The Morgan fingerprint density at radius 2 is 1.87 bits per heavy atom. The SMILES string of the molecule is C[C@@]1(c2ccc(Cl)cc2NC=O)[C@@H](c2cccc(Cl)c2F)[C@@H]2C(=O)N(c3ccc(C(N)=O)c(C(F)(F)F)c3)CC2N1CC1CC1. The van der Waals surface area contributed by atoms with Crippen molar-refractivity contribution in [2.45, 2.75) is 43.4 Å². The number of nitrogens with two attached hydrogens (primary N) is 1. The molecule has 0 bridgehead atoms. The Kier molecular flexibility index (Phi) is 7.86. The minimum absolute atomic E-state index is 0.00173. The third-order valence-electron chi connectivity index (χ3n) is 9.39. The molecule has 0 aromatic heterocycles. The highest BCUT2D eigenvalue weighted by atomic mass is 35.5. The number of nitrogens with zero attached hydrogens (tertiary/aromatic N) is 2. The highest BCUT2D eigenvalue weighted by Crippen LogP contribution is 2.60. The number of amides is 3. The number of fused-ring (bicyclic) bond motifs is 1. The van der Waals surface area contributed by atoms with E-state index in [1.165, 1.54) is 17.0 Å². The number of rotatable bonds is 8. The van der Waals surface area contributed by atoms with Gasteiger partial charge >= 0.3 is 6.18 Å². The lowest BCUT2D eigenvalue weighted by molar-refractivity contribution is -0.138. The molecule has 2 aliphatic heterocycles. The predicted molar refractivity (Wildman–Crippen MR) is 162 cm³/mol. The molecule has 7 nitrogen and oxygen atoms in total. The first kappa shape index (κ1) is 31.3. The number of hydrogen-bond acceptors (Lipinski definition) is 4. The number of anilines is 2. The van der Waals surface area contributed by atoms with Crippen molar-refractivity contribution in [2.75, 3.05) is 23.3 Å². The van der Waals surface area contributed by atoms with E-state index in [4.69, 9.17) is 28.9 Å². The van der Waals surface area contributed by atoms with Crippen LogP contribution in [0.2, 0.25) is 10.0 Å². The Balaban J connectivity index is 1.55. The Morgan fingerprint density at radius 1 is 1.13 bits per heavy atom. The number of nitrogens with one attached hydrogen (secondary N) is 1. The third kappa shape index (κ3) is 5.24. The van der Waals surface area contributed by atoms with Crippen LogP contribution in [0, 0.1) is 17.7 Å². The van der Waals surface area contributed by atoms with Crippen molar-refractivity contribution in [1.82, 2.24) is 4.90 Å². The summed E-state index contributed by atoms with van der Waals surface area (Å²) in [5.74, 6) is -3.96. The molecule has 45 heavy (non-hydrogen) atoms. The molecule has 0 radical (unpaired) electrons. The Hall–Kier alpha value is -3.67. The predicted octanol–water partition coefficient (Wildman–Crippen LogP) is 6.57. The van der Waals surface area contributed by atoms with Gasteiger partial charge in [-0.25, -0.2) is 4.39 Å². The van der Waals surface area contributed by atoms with Gasteiger partial charge in [0.05, 0.1) is 27.6 Å². The summed E-state index contributed by atoms with van der Waals surface area (Å²) in [5, 5.41) is 2.91. The van der Waals surface area contributed by atoms with Gasteiger partial charge in [0, 0.05) is 41.4 Å². The minimum Gasteiger partial charge on any atom is -0.366 e. The van der Waals surface area contributed by atoms with E-state index in [-0.39, 0.29) is 22.8 Å². The molecule has 1 aliphatic carbocycles. The van der Waals surface area contributed by atoms with E-state index in [0.717, 1.165) is 25.0 Å². The van der Waals surface area contributed by atoms with Gasteiger partial charge in [0.25, 0.3) is 0 Å². The first-order valence-electron chi connectivity index (χ1n) is 14.3. The van der Waals surface area contributed by atoms with Crippen molar-refractivity contribution in [2.24, 2.45) is 17.6 Å². The fraction of sp³-hybridized carbons (Fsp3) is 0.344. The Labute approximate surface area is 266 Å². The standard InChI is InChI=1S/C32H28Cl2F4N4O3/c1-31(21-10-7-17(33)11-24(21)40-15-43)27(20-3-2-4-23(34)28(20)35)26-25(42(31)13-16-5-6-16)14-41(30(26)45)18-8-9-19(29(39)44)22(12-18)32(36,37)38/h2-4,7-12,15-16,25-27H,5-6,13-14H2,1H3,(H2,39,44)(H,40,43)/t25?,26-,27+,31-/m1/s1. The van der Waals surface area contributed by atoms with Crippen molar-refractivity contribution in [1.29, 1.82) is 0 Å². The van der Waals surface area contributed by atoms with E-state index < -0.39 is 58.4 Å². The quantitative estimate of drug-likeness (QED) is 0.211. The maximum atomic E-state index is 16.0. The smallest absolute Gasteiger partial charge is 0.366 e. The van der Waals surface area contributed by atoms with E-state index in [1.807, 2.05) is 6.92 Å². The first-order chi connectivity index (χ1) is 21.3. The average molecular weight is 663 g/mol. The lowest BCUT2D eigenvalue weighted by Gasteiger charge is -2.44. The molecule has 13 heteroatoms. The molecule has 3 fully saturated rings. The molecule has 3 aromatic rings. The number of carbonyl (C=O) groups is 3. The number of halogens is 6. The van der Waals surface area contributed by atoms with Gasteiger partial charge in [0.15, 0.2) is 0 Å². The molecular weight excluding hydrogens is 635 g/mol. The molecule has 4 atom stereocenters. The fourth-order valence-electron chi connectivity index (χ4n) is 7.27. The zero-order valence-corrected chi connectivity index (χ0v) is 25.4. The van der Waals surface area contributed by atoms with Crippen LogP contribution in [0.4, 0.5) is 28.9 Å². The Morgan fingerprint density at radius 3 is 2.51 bits per heavy atom. The summed E-state index contributed by atoms with van der Waals surface area (Å²) < 4.78 is 58.0. The van der Waals surface area contributed by atoms with Gasteiger partial charge in [0.1, 0.15) is 5.82 Å². The zero-order valence-electron chi connectivity index (χ0n) is 23.9. The zero-order chi connectivity index (χ0) is 32.4. The molecule has 1 saturated carbocycles. The summed E-state index contributed by atoms with van der Waals surface area (Å²) in [5.41, 5.74) is 3.26. The van der Waals surface area contributed by atoms with E-state index in [0.29, 0.717) is 35.1 Å². The largest absolute Gasteiger partial charge is 0.417 e. The van der Waals surface area contributed by atoms with E-state index in [2.05, 4.69) is 10.2 Å². The maximum Gasteiger partial charge on any atom is 0.417 e. The van der Waals surface area contributed by atoms with Crippen LogP contribution >= 0.6 is 23.2 Å². The van der Waals surface area contributed by atoms with Crippen molar-refractivity contribution in [3.8, 4) is 0 Å². The van der Waals surface area contributed by atoms with Crippen molar-refractivity contribution in [3.05, 3.63) is 92.7 Å². The summed E-state index contributed by atoms with van der Waals surface area (Å²) in [7, 11) is 0. The molecule has 0 spiro atoms. The Bertz CT molecular complexity index is 1720. The lowest BCUT2D eigenvalue weighted by atomic mass is 9.71. The van der Waals surface area contributed by atoms with Gasteiger partial charge in [0.2, 0.25) is 18.2 Å². The van der Waals surface area contributed by atoms with Gasteiger partial charge in [-0.1, -0.05) is 41.4 Å². The monoisotopic (exact) mass is 662 g/mol. The van der Waals surface area contributed by atoms with E-state index in [9.17, 15) is 27.6 Å². The molecule has 6 rings (SSSR count). The van der Waals surface area contributed by atoms with Crippen LogP contribution in [0.1, 0.15) is 52.7 Å². The molecule has 2 saturated heterocycles. The molecule has 3 aromatic carbocycles. The van der Waals surface area contributed by atoms with Gasteiger partial charge in [-0.3, -0.25) is 19.3 Å². The van der Waals surface area contributed by atoms with Crippen LogP contribution < -0.4 is 16.0 Å². The molecule has 3 aliphatic rings. The summed E-state index contributed by atoms with van der Waals surface area (Å²) in [4.78, 5) is 41.3.